The summed E-state index contributed by atoms with van der Waals surface area (Å²) in [5.41, 5.74) is 6.12. The van der Waals surface area contributed by atoms with E-state index in [1.165, 1.54) is 23.9 Å². The number of rotatable bonds is 5. The van der Waals surface area contributed by atoms with Crippen LogP contribution >= 0.6 is 23.4 Å². The van der Waals surface area contributed by atoms with E-state index >= 15 is 0 Å². The van der Waals surface area contributed by atoms with Gasteiger partial charge in [-0.25, -0.2) is 4.39 Å². The number of hydrogen-bond acceptors (Lipinski definition) is 3. The fourth-order valence-corrected chi connectivity index (χ4v) is 2.69. The van der Waals surface area contributed by atoms with Crippen LogP contribution in [-0.2, 0) is 4.79 Å². The first-order valence-corrected chi connectivity index (χ1v) is 7.65. The molecule has 1 amide bonds. The number of halogens is 2. The van der Waals surface area contributed by atoms with E-state index in [0.717, 1.165) is 4.90 Å². The van der Waals surface area contributed by atoms with Crippen LogP contribution in [-0.4, -0.2) is 11.7 Å². The zero-order valence-corrected chi connectivity index (χ0v) is 12.7. The minimum absolute atomic E-state index is 0.121. The number of nitrogens with two attached hydrogens (primary N) is 1. The van der Waals surface area contributed by atoms with Gasteiger partial charge >= 0.3 is 0 Å². The van der Waals surface area contributed by atoms with Crippen LogP contribution in [0.1, 0.15) is 6.42 Å². The molecule has 0 spiro atoms. The quantitative estimate of drug-likeness (QED) is 0.640. The molecule has 0 fully saturated rings. The minimum atomic E-state index is -0.444. The highest BCUT2D eigenvalue weighted by molar-refractivity contribution is 7.99. The molecule has 0 aliphatic carbocycles. The fraction of sp³-hybridized carbons (Fsp3) is 0.133. The molecule has 3 N–H and O–H groups in total. The van der Waals surface area contributed by atoms with Gasteiger partial charge in [-0.15, -0.1) is 11.8 Å². The van der Waals surface area contributed by atoms with Crippen LogP contribution in [0, 0.1) is 5.82 Å². The maximum Gasteiger partial charge on any atom is 0.225 e. The Morgan fingerprint density at radius 3 is 2.76 bits per heavy atom. The summed E-state index contributed by atoms with van der Waals surface area (Å²) in [6.07, 6.45) is 0.307. The first-order valence-electron chi connectivity index (χ1n) is 6.28. The highest BCUT2D eigenvalue weighted by Gasteiger charge is 2.06. The second-order valence-electron chi connectivity index (χ2n) is 4.31. The largest absolute Gasteiger partial charge is 0.396 e. The van der Waals surface area contributed by atoms with E-state index in [-0.39, 0.29) is 11.6 Å². The van der Waals surface area contributed by atoms with Crippen LogP contribution in [0.15, 0.2) is 47.4 Å². The Morgan fingerprint density at radius 1 is 1.29 bits per heavy atom. The zero-order valence-electron chi connectivity index (χ0n) is 11.1. The lowest BCUT2D eigenvalue weighted by Gasteiger charge is -2.07. The molecule has 0 atom stereocenters. The minimum Gasteiger partial charge on any atom is -0.396 e. The monoisotopic (exact) mass is 324 g/mol. The first kappa shape index (κ1) is 15.7. The van der Waals surface area contributed by atoms with E-state index in [9.17, 15) is 9.18 Å². The molecule has 6 heteroatoms. The Kier molecular flexibility index (Phi) is 5.47. The lowest BCUT2D eigenvalue weighted by atomic mass is 10.3. The summed E-state index contributed by atoms with van der Waals surface area (Å²) >= 11 is 7.35. The number of amides is 1. The average Bonchev–Trinajstić information content (AvgIpc) is 2.45. The van der Waals surface area contributed by atoms with Gasteiger partial charge in [0, 0.05) is 17.1 Å². The van der Waals surface area contributed by atoms with Crippen molar-refractivity contribution in [3.8, 4) is 0 Å². The van der Waals surface area contributed by atoms with Gasteiger partial charge in [0.2, 0.25) is 5.91 Å². The fourth-order valence-electron chi connectivity index (χ4n) is 1.63. The molecule has 0 heterocycles. The summed E-state index contributed by atoms with van der Waals surface area (Å²) < 4.78 is 13.3. The number of carbonyl (C=O) groups is 1. The molecule has 0 bridgehead atoms. The van der Waals surface area contributed by atoms with E-state index < -0.39 is 5.82 Å². The summed E-state index contributed by atoms with van der Waals surface area (Å²) in [6.45, 7) is 0. The number of hydrogen-bond donors (Lipinski definition) is 2. The van der Waals surface area contributed by atoms with Gasteiger partial charge in [-0.3, -0.25) is 4.79 Å². The van der Waals surface area contributed by atoms with Crippen molar-refractivity contribution in [1.82, 2.24) is 0 Å². The SMILES string of the molecule is Nc1ccc(SCCC(=O)Nc2ccccc2Cl)cc1F. The Labute approximate surface area is 131 Å². The summed E-state index contributed by atoms with van der Waals surface area (Å²) in [7, 11) is 0. The molecule has 3 nitrogen and oxygen atoms in total. The Hall–Kier alpha value is -1.72. The van der Waals surface area contributed by atoms with Gasteiger partial charge in [0.1, 0.15) is 5.82 Å². The van der Waals surface area contributed by atoms with E-state index in [4.69, 9.17) is 17.3 Å². The molecular weight excluding hydrogens is 311 g/mol. The Balaban J connectivity index is 1.82. The number of carbonyl (C=O) groups excluding carboxylic acids is 1. The van der Waals surface area contributed by atoms with E-state index in [2.05, 4.69) is 5.32 Å². The van der Waals surface area contributed by atoms with Crippen LogP contribution in [0.25, 0.3) is 0 Å². The third kappa shape index (κ3) is 4.65. The van der Waals surface area contributed by atoms with Crippen molar-refractivity contribution in [2.45, 2.75) is 11.3 Å². The molecule has 0 aliphatic heterocycles. The number of nitrogens with one attached hydrogen (secondary N) is 1. The van der Waals surface area contributed by atoms with Gasteiger partial charge in [0.05, 0.1) is 16.4 Å². The highest BCUT2D eigenvalue weighted by atomic mass is 35.5. The summed E-state index contributed by atoms with van der Waals surface area (Å²) in [6, 6.07) is 11.7. The molecule has 0 saturated carbocycles. The Bertz CT molecular complexity index is 651. The average molecular weight is 325 g/mol. The van der Waals surface area contributed by atoms with Crippen LogP contribution in [0.5, 0.6) is 0 Å². The van der Waals surface area contributed by atoms with Crippen molar-refractivity contribution in [3.05, 3.63) is 53.3 Å². The van der Waals surface area contributed by atoms with Crippen LogP contribution in [0.4, 0.5) is 15.8 Å². The second kappa shape index (κ2) is 7.33. The molecule has 2 aromatic carbocycles. The molecule has 21 heavy (non-hydrogen) atoms. The van der Waals surface area contributed by atoms with Gasteiger partial charge < -0.3 is 11.1 Å². The topological polar surface area (TPSA) is 55.1 Å². The summed E-state index contributed by atoms with van der Waals surface area (Å²) in [4.78, 5) is 12.5. The first-order chi connectivity index (χ1) is 10.1. The van der Waals surface area contributed by atoms with Crippen molar-refractivity contribution in [1.29, 1.82) is 0 Å². The number of nitrogen functional groups attached to an aromatic ring is 1. The summed E-state index contributed by atoms with van der Waals surface area (Å²) in [5.74, 6) is -0.0355. The molecule has 0 aliphatic rings. The van der Waals surface area contributed by atoms with Crippen molar-refractivity contribution in [2.24, 2.45) is 0 Å². The number of para-hydroxylation sites is 1. The predicted molar refractivity (Wildman–Crippen MR) is 86.2 cm³/mol. The van der Waals surface area contributed by atoms with Crippen LogP contribution in [0.2, 0.25) is 5.02 Å². The molecule has 2 aromatic rings. The van der Waals surface area contributed by atoms with Crippen LogP contribution in [0.3, 0.4) is 0 Å². The predicted octanol–water partition coefficient (Wildman–Crippen LogP) is 4.18. The van der Waals surface area contributed by atoms with Gasteiger partial charge in [0.15, 0.2) is 0 Å². The van der Waals surface area contributed by atoms with Crippen LogP contribution < -0.4 is 11.1 Å². The Morgan fingerprint density at radius 2 is 2.05 bits per heavy atom. The maximum absolute atomic E-state index is 13.3. The van der Waals surface area contributed by atoms with E-state index in [0.29, 0.717) is 22.9 Å². The summed E-state index contributed by atoms with van der Waals surface area (Å²) in [5, 5.41) is 3.24. The highest BCUT2D eigenvalue weighted by Crippen LogP contribution is 2.23. The van der Waals surface area contributed by atoms with E-state index in [1.807, 2.05) is 0 Å². The molecule has 0 aromatic heterocycles. The van der Waals surface area contributed by atoms with Crippen molar-refractivity contribution in [2.75, 3.05) is 16.8 Å². The second-order valence-corrected chi connectivity index (χ2v) is 5.89. The van der Waals surface area contributed by atoms with Gasteiger partial charge in [-0.1, -0.05) is 23.7 Å². The molecule has 0 saturated heterocycles. The van der Waals surface area contributed by atoms with Crippen molar-refractivity contribution >= 4 is 40.6 Å². The number of thioether (sulfide) groups is 1. The van der Waals surface area contributed by atoms with Crippen molar-refractivity contribution < 1.29 is 9.18 Å². The normalized spacial score (nSPS) is 10.4. The number of anilines is 2. The number of benzene rings is 2. The lowest BCUT2D eigenvalue weighted by Crippen LogP contribution is -2.12. The molecule has 0 unspecified atom stereocenters. The van der Waals surface area contributed by atoms with Gasteiger partial charge in [-0.2, -0.15) is 0 Å². The zero-order chi connectivity index (χ0) is 15.2. The molecule has 0 radical (unpaired) electrons. The third-order valence-electron chi connectivity index (χ3n) is 2.72. The smallest absolute Gasteiger partial charge is 0.225 e. The molecular formula is C15H14ClFN2OS. The lowest BCUT2D eigenvalue weighted by molar-refractivity contribution is -0.115. The van der Waals surface area contributed by atoms with Gasteiger partial charge in [0.25, 0.3) is 0 Å². The standard InChI is InChI=1S/C15H14ClFN2OS/c16-11-3-1-2-4-14(11)19-15(20)7-8-21-10-5-6-13(18)12(17)9-10/h1-6,9H,7-8,18H2,(H,19,20). The van der Waals surface area contributed by atoms with Crippen molar-refractivity contribution in [3.63, 3.8) is 0 Å². The maximum atomic E-state index is 13.3. The molecule has 2 rings (SSSR count). The third-order valence-corrected chi connectivity index (χ3v) is 4.04. The van der Waals surface area contributed by atoms with E-state index in [1.54, 1.807) is 30.3 Å². The molecule has 110 valence electrons. The van der Waals surface area contributed by atoms with Gasteiger partial charge in [-0.05, 0) is 30.3 Å².